The van der Waals surface area contributed by atoms with Gasteiger partial charge in [-0.1, -0.05) is 36.4 Å². The van der Waals surface area contributed by atoms with Crippen LogP contribution in [-0.4, -0.2) is 7.11 Å². The maximum absolute atomic E-state index is 13.7. The molecule has 140 valence electrons. The predicted octanol–water partition coefficient (Wildman–Crippen LogP) is 5.62. The average molecular weight is 377 g/mol. The Balaban J connectivity index is 1.84. The topological polar surface area (TPSA) is 42.2 Å². The van der Waals surface area contributed by atoms with Crippen LogP contribution in [0, 0.1) is 23.0 Å². The predicted molar refractivity (Wildman–Crippen MR) is 104 cm³/mol. The van der Waals surface area contributed by atoms with Gasteiger partial charge >= 0.3 is 0 Å². The maximum atomic E-state index is 13.7. The van der Waals surface area contributed by atoms with Crippen molar-refractivity contribution in [3.63, 3.8) is 0 Å². The van der Waals surface area contributed by atoms with Gasteiger partial charge in [0.1, 0.15) is 18.2 Å². The maximum Gasteiger partial charge on any atom is 0.161 e. The third-order valence-electron chi connectivity index (χ3n) is 4.10. The molecule has 0 heterocycles. The van der Waals surface area contributed by atoms with E-state index in [1.54, 1.807) is 54.6 Å². The minimum atomic E-state index is -0.409. The van der Waals surface area contributed by atoms with Crippen molar-refractivity contribution in [2.24, 2.45) is 0 Å². The molecule has 0 N–H and O–H groups in total. The van der Waals surface area contributed by atoms with Gasteiger partial charge in [-0.2, -0.15) is 5.26 Å². The summed E-state index contributed by atoms with van der Waals surface area (Å²) in [5.41, 5.74) is 1.94. The van der Waals surface area contributed by atoms with Gasteiger partial charge in [0.2, 0.25) is 0 Å². The molecule has 0 amide bonds. The number of nitrogens with zero attached hydrogens (tertiary/aromatic N) is 1. The molecule has 0 fully saturated rings. The summed E-state index contributed by atoms with van der Waals surface area (Å²) in [5.74, 6) is 0.150. The minimum absolute atomic E-state index is 0.0605. The zero-order valence-electron chi connectivity index (χ0n) is 15.2. The molecule has 0 saturated heterocycles. The Morgan fingerprint density at radius 2 is 1.82 bits per heavy atom. The number of hydrogen-bond acceptors (Lipinski definition) is 3. The highest BCUT2D eigenvalue weighted by molar-refractivity contribution is 5.89. The summed E-state index contributed by atoms with van der Waals surface area (Å²) in [5, 5.41) is 9.42. The summed E-state index contributed by atoms with van der Waals surface area (Å²) >= 11 is 0. The summed E-state index contributed by atoms with van der Waals surface area (Å²) in [6, 6.07) is 19.4. The number of benzene rings is 3. The second-order valence-corrected chi connectivity index (χ2v) is 5.97. The van der Waals surface area contributed by atoms with Gasteiger partial charge in [-0.25, -0.2) is 8.78 Å². The van der Waals surface area contributed by atoms with Crippen LogP contribution in [0.25, 0.3) is 11.6 Å². The lowest BCUT2D eigenvalue weighted by atomic mass is 10.0. The number of nitriles is 1. The van der Waals surface area contributed by atoms with Gasteiger partial charge in [-0.15, -0.1) is 0 Å². The molecule has 0 atom stereocenters. The number of halogens is 2. The Morgan fingerprint density at radius 3 is 2.54 bits per heavy atom. The molecule has 5 heteroatoms. The van der Waals surface area contributed by atoms with Gasteiger partial charge < -0.3 is 9.47 Å². The van der Waals surface area contributed by atoms with Crippen LogP contribution in [0.3, 0.4) is 0 Å². The Bertz CT molecular complexity index is 1050. The van der Waals surface area contributed by atoms with E-state index in [4.69, 9.17) is 9.47 Å². The van der Waals surface area contributed by atoms with Gasteiger partial charge in [0.25, 0.3) is 0 Å². The Kier molecular flexibility index (Phi) is 6.03. The molecule has 0 aliphatic rings. The second kappa shape index (κ2) is 8.83. The van der Waals surface area contributed by atoms with Gasteiger partial charge in [0.05, 0.1) is 18.8 Å². The van der Waals surface area contributed by atoms with Crippen LogP contribution in [0.15, 0.2) is 66.7 Å². The summed E-state index contributed by atoms with van der Waals surface area (Å²) < 4.78 is 38.2. The van der Waals surface area contributed by atoms with Crippen molar-refractivity contribution in [1.82, 2.24) is 0 Å². The first kappa shape index (κ1) is 19.1. The summed E-state index contributed by atoms with van der Waals surface area (Å²) in [6.45, 7) is 0.0605. The van der Waals surface area contributed by atoms with E-state index in [1.807, 2.05) is 0 Å². The molecule has 0 aliphatic heterocycles. The number of ether oxygens (including phenoxy) is 2. The monoisotopic (exact) mass is 377 g/mol. The van der Waals surface area contributed by atoms with E-state index in [2.05, 4.69) is 6.07 Å². The van der Waals surface area contributed by atoms with Gasteiger partial charge in [-0.3, -0.25) is 0 Å². The van der Waals surface area contributed by atoms with Crippen molar-refractivity contribution in [3.05, 3.63) is 95.1 Å². The highest BCUT2D eigenvalue weighted by atomic mass is 19.1. The summed E-state index contributed by atoms with van der Waals surface area (Å²) in [4.78, 5) is 0. The highest BCUT2D eigenvalue weighted by Crippen LogP contribution is 2.30. The number of methoxy groups -OCH3 is 1. The molecule has 3 aromatic rings. The molecule has 3 aromatic carbocycles. The van der Waals surface area contributed by atoms with Crippen molar-refractivity contribution < 1.29 is 18.3 Å². The van der Waals surface area contributed by atoms with Crippen LogP contribution in [0.1, 0.15) is 16.7 Å². The molecule has 0 radical (unpaired) electrons. The van der Waals surface area contributed by atoms with Gasteiger partial charge in [-0.05, 0) is 47.5 Å². The van der Waals surface area contributed by atoms with E-state index in [0.717, 1.165) is 0 Å². The molecular weight excluding hydrogens is 360 g/mol. The number of allylic oxidation sites excluding steroid dienone is 1. The SMILES string of the molecule is COc1cc(/C=C(/C#N)c2cccc(F)c2)ccc1OCc1ccccc1F. The van der Waals surface area contributed by atoms with Crippen LogP contribution in [0.5, 0.6) is 11.5 Å². The smallest absolute Gasteiger partial charge is 0.161 e. The molecule has 3 rings (SSSR count). The van der Waals surface area contributed by atoms with Gasteiger partial charge in [0, 0.05) is 5.56 Å². The Morgan fingerprint density at radius 1 is 1.00 bits per heavy atom. The van der Waals surface area contributed by atoms with Crippen LogP contribution in [0.2, 0.25) is 0 Å². The lowest BCUT2D eigenvalue weighted by molar-refractivity contribution is 0.279. The van der Waals surface area contributed by atoms with Crippen LogP contribution < -0.4 is 9.47 Å². The summed E-state index contributed by atoms with van der Waals surface area (Å²) in [7, 11) is 1.50. The number of hydrogen-bond donors (Lipinski definition) is 0. The van der Waals surface area contributed by atoms with Crippen LogP contribution in [0.4, 0.5) is 8.78 Å². The lowest BCUT2D eigenvalue weighted by Gasteiger charge is -2.12. The van der Waals surface area contributed by atoms with Crippen molar-refractivity contribution >= 4 is 11.6 Å². The van der Waals surface area contributed by atoms with Crippen molar-refractivity contribution in [3.8, 4) is 17.6 Å². The first-order valence-corrected chi connectivity index (χ1v) is 8.52. The molecular formula is C23H17F2NO2. The molecule has 0 aromatic heterocycles. The largest absolute Gasteiger partial charge is 0.493 e. The molecule has 28 heavy (non-hydrogen) atoms. The first-order chi connectivity index (χ1) is 13.6. The van der Waals surface area contributed by atoms with Crippen molar-refractivity contribution in [2.75, 3.05) is 7.11 Å². The average Bonchev–Trinajstić information content (AvgIpc) is 2.71. The molecule has 0 aliphatic carbocycles. The zero-order valence-corrected chi connectivity index (χ0v) is 15.2. The van der Waals surface area contributed by atoms with E-state index < -0.39 is 5.82 Å². The summed E-state index contributed by atoms with van der Waals surface area (Å²) in [6.07, 6.45) is 1.64. The number of rotatable bonds is 6. The molecule has 0 saturated carbocycles. The fourth-order valence-electron chi connectivity index (χ4n) is 2.67. The minimum Gasteiger partial charge on any atom is -0.493 e. The first-order valence-electron chi connectivity index (χ1n) is 8.52. The Hall–Kier alpha value is -3.65. The van der Waals surface area contributed by atoms with Crippen molar-refractivity contribution in [2.45, 2.75) is 6.61 Å². The van der Waals surface area contributed by atoms with E-state index in [9.17, 15) is 14.0 Å². The highest BCUT2D eigenvalue weighted by Gasteiger charge is 2.09. The zero-order chi connectivity index (χ0) is 19.9. The van der Waals surface area contributed by atoms with Crippen LogP contribution in [-0.2, 0) is 6.61 Å². The van der Waals surface area contributed by atoms with E-state index in [0.29, 0.717) is 33.8 Å². The molecule has 0 unspecified atom stereocenters. The fourth-order valence-corrected chi connectivity index (χ4v) is 2.67. The van der Waals surface area contributed by atoms with Crippen molar-refractivity contribution in [1.29, 1.82) is 5.26 Å². The molecule has 3 nitrogen and oxygen atoms in total. The standard InChI is InChI=1S/C23H17F2NO2/c1-27-23-12-16(11-19(14-26)17-6-4-7-20(24)13-17)9-10-22(23)28-15-18-5-2-3-8-21(18)25/h2-13H,15H2,1H3/b19-11-. The molecule has 0 bridgehead atoms. The fraction of sp³-hybridized carbons (Fsp3) is 0.0870. The van der Waals surface area contributed by atoms with Crippen LogP contribution >= 0.6 is 0 Å². The quantitative estimate of drug-likeness (QED) is 0.414. The second-order valence-electron chi connectivity index (χ2n) is 5.97. The van der Waals surface area contributed by atoms with E-state index in [1.165, 1.54) is 25.3 Å². The van der Waals surface area contributed by atoms with E-state index >= 15 is 0 Å². The lowest BCUT2D eigenvalue weighted by Crippen LogP contribution is -2.00. The third-order valence-corrected chi connectivity index (χ3v) is 4.10. The third kappa shape index (κ3) is 4.54. The van der Waals surface area contributed by atoms with Gasteiger partial charge in [0.15, 0.2) is 11.5 Å². The Labute approximate surface area is 162 Å². The van der Waals surface area contributed by atoms with E-state index in [-0.39, 0.29) is 12.4 Å². The normalized spacial score (nSPS) is 11.0. The molecule has 0 spiro atoms.